The lowest BCUT2D eigenvalue weighted by Gasteiger charge is -2.01. The van der Waals surface area contributed by atoms with Crippen molar-refractivity contribution in [1.82, 2.24) is 4.98 Å². The summed E-state index contributed by atoms with van der Waals surface area (Å²) >= 11 is 1.28. The topological polar surface area (TPSA) is 68.3 Å². The second-order valence-corrected chi connectivity index (χ2v) is 5.08. The lowest BCUT2D eigenvalue weighted by Crippen LogP contribution is -2.12. The van der Waals surface area contributed by atoms with Crippen LogP contribution in [0.3, 0.4) is 0 Å². The summed E-state index contributed by atoms with van der Waals surface area (Å²) in [5, 5.41) is 4.90. The minimum absolute atomic E-state index is 0.105. The molecule has 0 bridgehead atoms. The fourth-order valence-electron chi connectivity index (χ4n) is 1.54. The fourth-order valence-corrected chi connectivity index (χ4v) is 2.25. The number of methoxy groups -OCH3 is 1. The van der Waals surface area contributed by atoms with Crippen molar-refractivity contribution in [3.8, 4) is 0 Å². The van der Waals surface area contributed by atoms with Gasteiger partial charge in [0.1, 0.15) is 0 Å². The lowest BCUT2D eigenvalue weighted by atomic mass is 10.1. The number of thiazole rings is 1. The molecule has 1 amide bonds. The Kier molecular flexibility index (Phi) is 4.47. The van der Waals surface area contributed by atoms with Crippen LogP contribution in [0.25, 0.3) is 0 Å². The molecule has 1 aromatic heterocycles. The van der Waals surface area contributed by atoms with E-state index < -0.39 is 0 Å². The second kappa shape index (κ2) is 6.29. The number of aryl methyl sites for hydroxylation is 1. The van der Waals surface area contributed by atoms with Crippen molar-refractivity contribution in [3.05, 3.63) is 46.5 Å². The average Bonchev–Trinajstić information content (AvgIpc) is 2.86. The molecule has 104 valence electrons. The summed E-state index contributed by atoms with van der Waals surface area (Å²) in [6.45, 7) is 1.96. The molecule has 1 aromatic carbocycles. The first kappa shape index (κ1) is 14.2. The van der Waals surface area contributed by atoms with Gasteiger partial charge in [0.05, 0.1) is 19.2 Å². The van der Waals surface area contributed by atoms with Gasteiger partial charge in [0.25, 0.3) is 5.91 Å². The molecule has 1 N–H and O–H groups in total. The Labute approximate surface area is 120 Å². The highest BCUT2D eigenvalue weighted by atomic mass is 32.1. The van der Waals surface area contributed by atoms with Gasteiger partial charge in [-0.25, -0.2) is 4.98 Å². The zero-order valence-electron chi connectivity index (χ0n) is 11.2. The van der Waals surface area contributed by atoms with Crippen molar-refractivity contribution in [3.63, 3.8) is 0 Å². The standard InChI is InChI=1S/C14H14N2O3S/c1-9-3-5-10(6-4-9)13(18)16-14-15-11(8-20-14)7-12(17)19-2/h3-6,8H,7H2,1-2H3,(H,15,16,18). The summed E-state index contributed by atoms with van der Waals surface area (Å²) < 4.78 is 4.56. The van der Waals surface area contributed by atoms with E-state index in [0.29, 0.717) is 16.4 Å². The van der Waals surface area contributed by atoms with E-state index >= 15 is 0 Å². The molecule has 0 atom stereocenters. The number of nitrogens with one attached hydrogen (secondary N) is 1. The van der Waals surface area contributed by atoms with Crippen molar-refractivity contribution in [1.29, 1.82) is 0 Å². The van der Waals surface area contributed by atoms with E-state index in [1.807, 2.05) is 19.1 Å². The predicted octanol–water partition coefficient (Wildman–Crippen LogP) is 2.42. The Hall–Kier alpha value is -2.21. The van der Waals surface area contributed by atoms with Crippen LogP contribution in [0.2, 0.25) is 0 Å². The fraction of sp³-hybridized carbons (Fsp3) is 0.214. The highest BCUT2D eigenvalue weighted by Crippen LogP contribution is 2.17. The molecule has 0 unspecified atom stereocenters. The van der Waals surface area contributed by atoms with Gasteiger partial charge in [-0.05, 0) is 19.1 Å². The number of amides is 1. The molecule has 0 spiro atoms. The quantitative estimate of drug-likeness (QED) is 0.878. The number of carbonyl (C=O) groups is 2. The van der Waals surface area contributed by atoms with Gasteiger partial charge in [-0.2, -0.15) is 0 Å². The first-order valence-electron chi connectivity index (χ1n) is 5.97. The van der Waals surface area contributed by atoms with Crippen molar-refractivity contribution < 1.29 is 14.3 Å². The third-order valence-corrected chi connectivity index (χ3v) is 3.45. The molecular weight excluding hydrogens is 276 g/mol. The van der Waals surface area contributed by atoms with E-state index in [1.165, 1.54) is 18.4 Å². The molecule has 0 radical (unpaired) electrons. The van der Waals surface area contributed by atoms with E-state index in [9.17, 15) is 9.59 Å². The van der Waals surface area contributed by atoms with Crippen LogP contribution in [0.5, 0.6) is 0 Å². The lowest BCUT2D eigenvalue weighted by molar-refractivity contribution is -0.139. The number of rotatable bonds is 4. The Morgan fingerprint density at radius 3 is 2.65 bits per heavy atom. The summed E-state index contributed by atoms with van der Waals surface area (Å²) in [6.07, 6.45) is 0.105. The van der Waals surface area contributed by atoms with Gasteiger partial charge in [-0.1, -0.05) is 17.7 Å². The molecule has 5 nitrogen and oxygen atoms in total. The molecule has 1 heterocycles. The Morgan fingerprint density at radius 2 is 2.00 bits per heavy atom. The van der Waals surface area contributed by atoms with Gasteiger partial charge in [-0.3, -0.25) is 14.9 Å². The number of hydrogen-bond acceptors (Lipinski definition) is 5. The van der Waals surface area contributed by atoms with Crippen LogP contribution < -0.4 is 5.32 Å². The molecule has 0 saturated heterocycles. The van der Waals surface area contributed by atoms with Gasteiger partial charge in [0, 0.05) is 10.9 Å². The van der Waals surface area contributed by atoms with Gasteiger partial charge in [-0.15, -0.1) is 11.3 Å². The normalized spacial score (nSPS) is 10.1. The van der Waals surface area contributed by atoms with Gasteiger partial charge >= 0.3 is 5.97 Å². The maximum atomic E-state index is 12.0. The smallest absolute Gasteiger partial charge is 0.311 e. The van der Waals surface area contributed by atoms with Crippen molar-refractivity contribution >= 4 is 28.3 Å². The third-order valence-electron chi connectivity index (χ3n) is 2.64. The number of nitrogens with zero attached hydrogens (tertiary/aromatic N) is 1. The van der Waals surface area contributed by atoms with E-state index in [4.69, 9.17) is 0 Å². The summed E-state index contributed by atoms with van der Waals surface area (Å²) in [6, 6.07) is 7.26. The van der Waals surface area contributed by atoms with Crippen molar-refractivity contribution in [2.24, 2.45) is 0 Å². The van der Waals surface area contributed by atoms with Crippen LogP contribution in [-0.2, 0) is 16.0 Å². The highest BCUT2D eigenvalue weighted by Gasteiger charge is 2.11. The maximum Gasteiger partial charge on any atom is 0.311 e. The molecule has 0 fully saturated rings. The van der Waals surface area contributed by atoms with Crippen LogP contribution in [0.4, 0.5) is 5.13 Å². The summed E-state index contributed by atoms with van der Waals surface area (Å²) in [4.78, 5) is 27.3. The monoisotopic (exact) mass is 290 g/mol. The first-order chi connectivity index (χ1) is 9.58. The second-order valence-electron chi connectivity index (χ2n) is 4.22. The zero-order chi connectivity index (χ0) is 14.5. The van der Waals surface area contributed by atoms with Gasteiger partial charge in [0.2, 0.25) is 0 Å². The Bertz CT molecular complexity index is 620. The van der Waals surface area contributed by atoms with Crippen LogP contribution in [0.1, 0.15) is 21.6 Å². The number of ether oxygens (including phenoxy) is 1. The van der Waals surface area contributed by atoms with Gasteiger partial charge in [0.15, 0.2) is 5.13 Å². The molecule has 20 heavy (non-hydrogen) atoms. The summed E-state index contributed by atoms with van der Waals surface area (Å²) in [7, 11) is 1.33. The minimum atomic E-state index is -0.355. The Balaban J connectivity index is 2.01. The highest BCUT2D eigenvalue weighted by molar-refractivity contribution is 7.14. The van der Waals surface area contributed by atoms with E-state index in [0.717, 1.165) is 5.56 Å². The van der Waals surface area contributed by atoms with Gasteiger partial charge < -0.3 is 4.74 Å². The molecular formula is C14H14N2O3S. The maximum absolute atomic E-state index is 12.0. The van der Waals surface area contributed by atoms with Crippen molar-refractivity contribution in [2.75, 3.05) is 12.4 Å². The van der Waals surface area contributed by atoms with Crippen molar-refractivity contribution in [2.45, 2.75) is 13.3 Å². The number of aromatic nitrogens is 1. The zero-order valence-corrected chi connectivity index (χ0v) is 12.0. The number of benzene rings is 1. The number of hydrogen-bond donors (Lipinski definition) is 1. The average molecular weight is 290 g/mol. The number of esters is 1. The van der Waals surface area contributed by atoms with E-state index in [1.54, 1.807) is 17.5 Å². The number of carbonyl (C=O) groups excluding carboxylic acids is 2. The number of anilines is 1. The molecule has 2 rings (SSSR count). The van der Waals surface area contributed by atoms with Crippen LogP contribution in [0.15, 0.2) is 29.6 Å². The first-order valence-corrected chi connectivity index (χ1v) is 6.85. The largest absolute Gasteiger partial charge is 0.469 e. The van der Waals surface area contributed by atoms with Crippen LogP contribution >= 0.6 is 11.3 Å². The summed E-state index contributed by atoms with van der Waals surface area (Å²) in [5.41, 5.74) is 2.25. The summed E-state index contributed by atoms with van der Waals surface area (Å²) in [5.74, 6) is -0.573. The SMILES string of the molecule is COC(=O)Cc1csc(NC(=O)c2ccc(C)cc2)n1. The molecule has 0 saturated carbocycles. The van der Waals surface area contributed by atoms with Crippen LogP contribution in [0, 0.1) is 6.92 Å². The van der Waals surface area contributed by atoms with E-state index in [-0.39, 0.29) is 18.3 Å². The predicted molar refractivity (Wildman–Crippen MR) is 77.0 cm³/mol. The minimum Gasteiger partial charge on any atom is -0.469 e. The Morgan fingerprint density at radius 1 is 1.30 bits per heavy atom. The van der Waals surface area contributed by atoms with Crippen LogP contribution in [-0.4, -0.2) is 24.0 Å². The molecule has 6 heteroatoms. The molecule has 2 aromatic rings. The third kappa shape index (κ3) is 3.64. The molecule has 0 aliphatic rings. The van der Waals surface area contributed by atoms with E-state index in [2.05, 4.69) is 15.0 Å². The molecule has 0 aliphatic carbocycles. The molecule has 0 aliphatic heterocycles.